The second-order valence-corrected chi connectivity index (χ2v) is 5.83. The summed E-state index contributed by atoms with van der Waals surface area (Å²) < 4.78 is 2.27. The van der Waals surface area contributed by atoms with Gasteiger partial charge >= 0.3 is 0 Å². The maximum atomic E-state index is 12.4. The minimum absolute atomic E-state index is 0.0433. The molecular formula is C18H22N2O. The van der Waals surface area contributed by atoms with Crippen LogP contribution in [0.3, 0.4) is 0 Å². The molecule has 1 atom stereocenters. The first-order valence-corrected chi connectivity index (χ1v) is 7.63. The van der Waals surface area contributed by atoms with Crippen molar-refractivity contribution in [1.82, 2.24) is 9.47 Å². The molecule has 1 unspecified atom stereocenters. The van der Waals surface area contributed by atoms with E-state index in [-0.39, 0.29) is 11.9 Å². The maximum absolute atomic E-state index is 12.4. The lowest BCUT2D eigenvalue weighted by atomic mass is 9.94. The fourth-order valence-corrected chi connectivity index (χ4v) is 3.31. The minimum atomic E-state index is 0.0433. The number of benzene rings is 1. The third-order valence-corrected chi connectivity index (χ3v) is 4.38. The van der Waals surface area contributed by atoms with Gasteiger partial charge in [0.2, 0.25) is 5.91 Å². The highest BCUT2D eigenvalue weighted by Gasteiger charge is 2.32. The van der Waals surface area contributed by atoms with E-state index in [0.717, 1.165) is 13.1 Å². The molecular weight excluding hydrogens is 260 g/mol. The van der Waals surface area contributed by atoms with E-state index >= 15 is 0 Å². The van der Waals surface area contributed by atoms with E-state index in [1.807, 2.05) is 11.8 Å². The van der Waals surface area contributed by atoms with Crippen molar-refractivity contribution >= 4 is 5.91 Å². The van der Waals surface area contributed by atoms with Gasteiger partial charge in [-0.1, -0.05) is 30.7 Å². The highest BCUT2D eigenvalue weighted by Crippen LogP contribution is 2.34. The average molecular weight is 282 g/mol. The summed E-state index contributed by atoms with van der Waals surface area (Å²) in [5.41, 5.74) is 4.97. The molecule has 21 heavy (non-hydrogen) atoms. The van der Waals surface area contributed by atoms with Crippen molar-refractivity contribution < 1.29 is 4.79 Å². The first-order chi connectivity index (χ1) is 10.1. The van der Waals surface area contributed by atoms with Gasteiger partial charge < -0.3 is 9.47 Å². The molecule has 0 saturated heterocycles. The van der Waals surface area contributed by atoms with Crippen molar-refractivity contribution in [2.24, 2.45) is 0 Å². The molecule has 0 radical (unpaired) electrons. The van der Waals surface area contributed by atoms with Crippen LogP contribution >= 0.6 is 0 Å². The van der Waals surface area contributed by atoms with Gasteiger partial charge in [-0.05, 0) is 37.1 Å². The molecule has 0 spiro atoms. The van der Waals surface area contributed by atoms with Gasteiger partial charge in [0, 0.05) is 31.4 Å². The molecule has 0 aliphatic carbocycles. The molecule has 1 aliphatic rings. The Bertz CT molecular complexity index is 672. The number of hydrogen-bond donors (Lipinski definition) is 0. The Labute approximate surface area is 126 Å². The van der Waals surface area contributed by atoms with Crippen LogP contribution in [0.2, 0.25) is 0 Å². The minimum Gasteiger partial charge on any atom is -0.348 e. The standard InChI is InChI=1S/C18H22N2O/c1-4-17(21)20-11-10-19-9-5-6-16(19)18(20)15-8-7-13(2)12-14(15)3/h5-9,12,18H,4,10-11H2,1-3H3. The van der Waals surface area contributed by atoms with Gasteiger partial charge in [0.25, 0.3) is 0 Å². The Morgan fingerprint density at radius 2 is 2.05 bits per heavy atom. The molecule has 1 aromatic heterocycles. The molecule has 1 aliphatic heterocycles. The van der Waals surface area contributed by atoms with Crippen LogP contribution in [-0.4, -0.2) is 21.9 Å². The second kappa shape index (κ2) is 5.40. The van der Waals surface area contributed by atoms with Crippen LogP contribution in [0.15, 0.2) is 36.5 Å². The Hall–Kier alpha value is -2.03. The van der Waals surface area contributed by atoms with E-state index in [1.165, 1.54) is 22.4 Å². The van der Waals surface area contributed by atoms with Crippen LogP contribution < -0.4 is 0 Å². The van der Waals surface area contributed by atoms with E-state index < -0.39 is 0 Å². The molecule has 0 saturated carbocycles. The number of aryl methyl sites for hydroxylation is 2. The third kappa shape index (κ3) is 2.37. The van der Waals surface area contributed by atoms with E-state index in [1.54, 1.807) is 0 Å². The SMILES string of the molecule is CCC(=O)N1CCn2cccc2C1c1ccc(C)cc1C. The molecule has 3 nitrogen and oxygen atoms in total. The smallest absolute Gasteiger partial charge is 0.223 e. The van der Waals surface area contributed by atoms with Gasteiger partial charge in [-0.15, -0.1) is 0 Å². The molecule has 2 heterocycles. The maximum Gasteiger partial charge on any atom is 0.223 e. The van der Waals surface area contributed by atoms with E-state index in [0.29, 0.717) is 6.42 Å². The lowest BCUT2D eigenvalue weighted by molar-refractivity contribution is -0.133. The Kier molecular flexibility index (Phi) is 3.58. The van der Waals surface area contributed by atoms with Crippen LogP contribution in [0.4, 0.5) is 0 Å². The number of hydrogen-bond acceptors (Lipinski definition) is 1. The van der Waals surface area contributed by atoms with Crippen molar-refractivity contribution in [3.8, 4) is 0 Å². The number of nitrogens with zero attached hydrogens (tertiary/aromatic N) is 2. The summed E-state index contributed by atoms with van der Waals surface area (Å²) in [5, 5.41) is 0. The molecule has 2 aromatic rings. The molecule has 0 fully saturated rings. The van der Waals surface area contributed by atoms with Gasteiger partial charge in [0.05, 0.1) is 6.04 Å². The third-order valence-electron chi connectivity index (χ3n) is 4.38. The van der Waals surface area contributed by atoms with E-state index in [9.17, 15) is 4.79 Å². The molecule has 0 bridgehead atoms. The highest BCUT2D eigenvalue weighted by atomic mass is 16.2. The number of rotatable bonds is 2. The number of fused-ring (bicyclic) bond motifs is 1. The van der Waals surface area contributed by atoms with Crippen LogP contribution in [-0.2, 0) is 11.3 Å². The fourth-order valence-electron chi connectivity index (χ4n) is 3.31. The predicted octanol–water partition coefficient (Wildman–Crippen LogP) is 3.45. The monoisotopic (exact) mass is 282 g/mol. The molecule has 1 aromatic carbocycles. The highest BCUT2D eigenvalue weighted by molar-refractivity contribution is 5.77. The van der Waals surface area contributed by atoms with Gasteiger partial charge in [-0.3, -0.25) is 4.79 Å². The molecule has 110 valence electrons. The number of aromatic nitrogens is 1. The number of carbonyl (C=O) groups excluding carboxylic acids is 1. The zero-order valence-electron chi connectivity index (χ0n) is 13.0. The first kappa shape index (κ1) is 13.9. The summed E-state index contributed by atoms with van der Waals surface area (Å²) in [6.07, 6.45) is 2.67. The van der Waals surface area contributed by atoms with Crippen molar-refractivity contribution in [2.45, 2.75) is 39.8 Å². The van der Waals surface area contributed by atoms with Crippen molar-refractivity contribution in [2.75, 3.05) is 6.54 Å². The van der Waals surface area contributed by atoms with Gasteiger partial charge in [0.15, 0.2) is 0 Å². The van der Waals surface area contributed by atoms with Gasteiger partial charge in [-0.2, -0.15) is 0 Å². The zero-order chi connectivity index (χ0) is 15.0. The molecule has 3 heteroatoms. The summed E-state index contributed by atoms with van der Waals surface area (Å²) in [6, 6.07) is 10.8. The van der Waals surface area contributed by atoms with Crippen molar-refractivity contribution in [3.05, 3.63) is 58.9 Å². The van der Waals surface area contributed by atoms with Gasteiger partial charge in [0.1, 0.15) is 0 Å². The zero-order valence-corrected chi connectivity index (χ0v) is 13.0. The lowest BCUT2D eigenvalue weighted by Crippen LogP contribution is -2.42. The summed E-state index contributed by atoms with van der Waals surface area (Å²) in [6.45, 7) is 7.85. The van der Waals surface area contributed by atoms with Crippen LogP contribution in [0, 0.1) is 13.8 Å². The molecule has 0 N–H and O–H groups in total. The Balaban J connectivity index is 2.12. The quantitative estimate of drug-likeness (QED) is 0.828. The summed E-state index contributed by atoms with van der Waals surface area (Å²) >= 11 is 0. The largest absolute Gasteiger partial charge is 0.348 e. The molecule has 3 rings (SSSR count). The fraction of sp³-hybridized carbons (Fsp3) is 0.389. The summed E-state index contributed by atoms with van der Waals surface area (Å²) in [4.78, 5) is 14.4. The number of carbonyl (C=O) groups is 1. The van der Waals surface area contributed by atoms with Crippen LogP contribution in [0.5, 0.6) is 0 Å². The lowest BCUT2D eigenvalue weighted by Gasteiger charge is -2.38. The Morgan fingerprint density at radius 1 is 1.24 bits per heavy atom. The predicted molar refractivity (Wildman–Crippen MR) is 84.2 cm³/mol. The Morgan fingerprint density at radius 3 is 2.76 bits per heavy atom. The average Bonchev–Trinajstić information content (AvgIpc) is 2.94. The van der Waals surface area contributed by atoms with E-state index in [2.05, 4.69) is 54.9 Å². The summed E-state index contributed by atoms with van der Waals surface area (Å²) in [7, 11) is 0. The molecule has 1 amide bonds. The second-order valence-electron chi connectivity index (χ2n) is 5.83. The van der Waals surface area contributed by atoms with Gasteiger partial charge in [-0.25, -0.2) is 0 Å². The van der Waals surface area contributed by atoms with Crippen LogP contribution in [0.25, 0.3) is 0 Å². The van der Waals surface area contributed by atoms with E-state index in [4.69, 9.17) is 0 Å². The number of amides is 1. The summed E-state index contributed by atoms with van der Waals surface area (Å²) in [5.74, 6) is 0.229. The van der Waals surface area contributed by atoms with Crippen LogP contribution in [0.1, 0.15) is 41.8 Å². The van der Waals surface area contributed by atoms with Crippen molar-refractivity contribution in [3.63, 3.8) is 0 Å². The van der Waals surface area contributed by atoms with Crippen molar-refractivity contribution in [1.29, 1.82) is 0 Å². The first-order valence-electron chi connectivity index (χ1n) is 7.63. The topological polar surface area (TPSA) is 25.2 Å². The normalized spacial score (nSPS) is 17.7.